The fraction of sp³-hybridized carbons (Fsp3) is 0.636. The number of nitrogens with one attached hydrogen (secondary N) is 1. The van der Waals surface area contributed by atoms with Gasteiger partial charge in [0.25, 0.3) is 0 Å². The molecule has 0 bridgehead atoms. The molecule has 172 valence electrons. The number of carbonyl (C=O) groups is 2. The number of morpholine rings is 1. The zero-order chi connectivity index (χ0) is 22.1. The summed E-state index contributed by atoms with van der Waals surface area (Å²) in [4.78, 5) is 31.1. The Kier molecular flexibility index (Phi) is 8.93. The van der Waals surface area contributed by atoms with Crippen molar-refractivity contribution in [3.05, 3.63) is 18.2 Å². The Morgan fingerprint density at radius 1 is 0.903 bits per heavy atom. The lowest BCUT2D eigenvalue weighted by Gasteiger charge is -2.35. The smallest absolute Gasteiger partial charge is 0.238 e. The van der Waals surface area contributed by atoms with Crippen molar-refractivity contribution >= 4 is 17.5 Å². The van der Waals surface area contributed by atoms with E-state index in [4.69, 9.17) is 14.2 Å². The molecule has 1 aromatic rings. The number of amides is 2. The van der Waals surface area contributed by atoms with Crippen molar-refractivity contribution in [3.63, 3.8) is 0 Å². The van der Waals surface area contributed by atoms with Crippen LogP contribution in [-0.2, 0) is 14.3 Å². The second kappa shape index (κ2) is 11.9. The minimum Gasteiger partial charge on any atom is -0.490 e. The summed E-state index contributed by atoms with van der Waals surface area (Å²) in [5.41, 5.74) is 0.687. The molecule has 2 heterocycles. The van der Waals surface area contributed by atoms with Crippen LogP contribution in [0.1, 0.15) is 13.8 Å². The molecule has 0 unspecified atom stereocenters. The summed E-state index contributed by atoms with van der Waals surface area (Å²) in [5.74, 6) is 1.39. The van der Waals surface area contributed by atoms with E-state index in [1.165, 1.54) is 0 Å². The number of hydrogen-bond acceptors (Lipinski definition) is 7. The Labute approximate surface area is 184 Å². The first-order chi connectivity index (χ1) is 15.1. The number of nitrogens with zero attached hydrogens (tertiary/aromatic N) is 3. The number of hydrogen-bond donors (Lipinski definition) is 1. The lowest BCUT2D eigenvalue weighted by atomic mass is 10.2. The summed E-state index contributed by atoms with van der Waals surface area (Å²) in [7, 11) is 0. The Hall–Kier alpha value is -2.36. The largest absolute Gasteiger partial charge is 0.490 e. The molecule has 2 saturated heterocycles. The molecule has 0 spiro atoms. The topological polar surface area (TPSA) is 83.6 Å². The maximum absolute atomic E-state index is 12.5. The molecule has 2 aliphatic rings. The maximum Gasteiger partial charge on any atom is 0.238 e. The minimum atomic E-state index is -0.0653. The van der Waals surface area contributed by atoms with E-state index in [1.807, 2.05) is 30.9 Å². The first kappa shape index (κ1) is 23.3. The highest BCUT2D eigenvalue weighted by atomic mass is 16.5. The monoisotopic (exact) mass is 434 g/mol. The average Bonchev–Trinajstić information content (AvgIpc) is 2.78. The Bertz CT molecular complexity index is 731. The van der Waals surface area contributed by atoms with Crippen LogP contribution >= 0.6 is 0 Å². The van der Waals surface area contributed by atoms with Gasteiger partial charge in [-0.3, -0.25) is 19.4 Å². The highest BCUT2D eigenvalue weighted by Crippen LogP contribution is 2.30. The van der Waals surface area contributed by atoms with Gasteiger partial charge in [-0.1, -0.05) is 0 Å². The highest BCUT2D eigenvalue weighted by molar-refractivity contribution is 5.92. The molecular formula is C22H34N4O5. The van der Waals surface area contributed by atoms with Crippen molar-refractivity contribution in [2.75, 3.05) is 84.1 Å². The van der Waals surface area contributed by atoms with Gasteiger partial charge in [0.2, 0.25) is 11.8 Å². The fourth-order valence-corrected chi connectivity index (χ4v) is 3.74. The molecule has 31 heavy (non-hydrogen) atoms. The molecule has 0 aromatic heterocycles. The quantitative estimate of drug-likeness (QED) is 0.618. The number of rotatable bonds is 9. The Morgan fingerprint density at radius 3 is 2.16 bits per heavy atom. The molecule has 9 nitrogen and oxygen atoms in total. The second-order valence-corrected chi connectivity index (χ2v) is 7.62. The minimum absolute atomic E-state index is 0.0653. The third kappa shape index (κ3) is 7.09. The van der Waals surface area contributed by atoms with Crippen LogP contribution in [0.25, 0.3) is 0 Å². The van der Waals surface area contributed by atoms with Gasteiger partial charge in [0.05, 0.1) is 39.5 Å². The number of carbonyl (C=O) groups excluding carboxylic acids is 2. The van der Waals surface area contributed by atoms with Gasteiger partial charge >= 0.3 is 0 Å². The van der Waals surface area contributed by atoms with Crippen molar-refractivity contribution in [2.24, 2.45) is 0 Å². The third-order valence-corrected chi connectivity index (χ3v) is 5.38. The van der Waals surface area contributed by atoms with E-state index in [1.54, 1.807) is 6.07 Å². The molecule has 1 aromatic carbocycles. The van der Waals surface area contributed by atoms with Crippen LogP contribution in [0.2, 0.25) is 0 Å². The van der Waals surface area contributed by atoms with Crippen LogP contribution in [0.15, 0.2) is 18.2 Å². The first-order valence-corrected chi connectivity index (χ1v) is 11.1. The van der Waals surface area contributed by atoms with Crippen molar-refractivity contribution in [1.82, 2.24) is 14.7 Å². The lowest BCUT2D eigenvalue weighted by Crippen LogP contribution is -2.52. The second-order valence-electron chi connectivity index (χ2n) is 7.62. The van der Waals surface area contributed by atoms with E-state index in [-0.39, 0.29) is 11.8 Å². The highest BCUT2D eigenvalue weighted by Gasteiger charge is 2.24. The number of ether oxygens (including phenoxy) is 3. The molecule has 1 N–H and O–H groups in total. The van der Waals surface area contributed by atoms with Gasteiger partial charge in [-0.15, -0.1) is 0 Å². The number of piperazine rings is 1. The lowest BCUT2D eigenvalue weighted by molar-refractivity contribution is -0.137. The summed E-state index contributed by atoms with van der Waals surface area (Å²) in [6, 6.07) is 5.43. The number of benzene rings is 1. The summed E-state index contributed by atoms with van der Waals surface area (Å²) in [6.45, 7) is 11.3. The van der Waals surface area contributed by atoms with Gasteiger partial charge in [0.1, 0.15) is 0 Å². The normalized spacial score (nSPS) is 17.9. The van der Waals surface area contributed by atoms with Gasteiger partial charge in [0.15, 0.2) is 11.5 Å². The summed E-state index contributed by atoms with van der Waals surface area (Å²) in [6.07, 6.45) is 0. The summed E-state index contributed by atoms with van der Waals surface area (Å²) in [5, 5.41) is 2.94. The van der Waals surface area contributed by atoms with Crippen LogP contribution in [0.4, 0.5) is 5.69 Å². The van der Waals surface area contributed by atoms with Crippen LogP contribution in [0.5, 0.6) is 11.5 Å². The molecule has 2 fully saturated rings. The fourth-order valence-electron chi connectivity index (χ4n) is 3.74. The van der Waals surface area contributed by atoms with Crippen molar-refractivity contribution in [1.29, 1.82) is 0 Å². The molecule has 0 atom stereocenters. The van der Waals surface area contributed by atoms with Gasteiger partial charge in [-0.25, -0.2) is 0 Å². The molecule has 2 aliphatic heterocycles. The zero-order valence-electron chi connectivity index (χ0n) is 18.6. The summed E-state index contributed by atoms with van der Waals surface area (Å²) >= 11 is 0. The molecule has 9 heteroatoms. The Balaban J connectivity index is 1.42. The van der Waals surface area contributed by atoms with Gasteiger partial charge < -0.3 is 24.4 Å². The van der Waals surface area contributed by atoms with Gasteiger partial charge in [0, 0.05) is 51.0 Å². The summed E-state index contributed by atoms with van der Waals surface area (Å²) < 4.78 is 16.5. The Morgan fingerprint density at radius 2 is 1.52 bits per heavy atom. The van der Waals surface area contributed by atoms with Crippen molar-refractivity contribution < 1.29 is 23.8 Å². The average molecular weight is 435 g/mol. The van der Waals surface area contributed by atoms with Gasteiger partial charge in [-0.2, -0.15) is 0 Å². The molecule has 2 amide bonds. The molecule has 3 rings (SSSR count). The maximum atomic E-state index is 12.5. The molecule has 0 radical (unpaired) electrons. The predicted molar refractivity (Wildman–Crippen MR) is 118 cm³/mol. The van der Waals surface area contributed by atoms with E-state index < -0.39 is 0 Å². The van der Waals surface area contributed by atoms with E-state index in [0.29, 0.717) is 69.8 Å². The molecule has 0 saturated carbocycles. The first-order valence-electron chi connectivity index (χ1n) is 11.1. The van der Waals surface area contributed by atoms with E-state index in [9.17, 15) is 9.59 Å². The standard InChI is InChI=1S/C22H34N4O5/c1-3-30-19-6-5-18(15-20(19)31-4-2)23-21(27)16-24-7-9-25(10-8-24)17-22(28)26-11-13-29-14-12-26/h5-6,15H,3-4,7-14,16-17H2,1-2H3,(H,23,27). The SMILES string of the molecule is CCOc1ccc(NC(=O)CN2CCN(CC(=O)N3CCOCC3)CC2)cc1OCC. The van der Waals surface area contributed by atoms with E-state index in [2.05, 4.69) is 15.1 Å². The van der Waals surface area contributed by atoms with Crippen molar-refractivity contribution in [2.45, 2.75) is 13.8 Å². The van der Waals surface area contributed by atoms with Gasteiger partial charge in [-0.05, 0) is 26.0 Å². The van der Waals surface area contributed by atoms with E-state index >= 15 is 0 Å². The van der Waals surface area contributed by atoms with Crippen LogP contribution in [-0.4, -0.2) is 105 Å². The van der Waals surface area contributed by atoms with Crippen LogP contribution in [0.3, 0.4) is 0 Å². The van der Waals surface area contributed by atoms with Crippen molar-refractivity contribution in [3.8, 4) is 11.5 Å². The third-order valence-electron chi connectivity index (χ3n) is 5.38. The zero-order valence-corrected chi connectivity index (χ0v) is 18.6. The molecule has 0 aliphatic carbocycles. The van der Waals surface area contributed by atoms with Crippen LogP contribution in [0, 0.1) is 0 Å². The van der Waals surface area contributed by atoms with Crippen LogP contribution < -0.4 is 14.8 Å². The number of anilines is 1. The predicted octanol–water partition coefficient (Wildman–Crippen LogP) is 0.899. The molecular weight excluding hydrogens is 400 g/mol. The van der Waals surface area contributed by atoms with E-state index in [0.717, 1.165) is 26.2 Å².